The van der Waals surface area contributed by atoms with Crippen LogP contribution >= 0.6 is 15.9 Å². The van der Waals surface area contributed by atoms with E-state index in [4.69, 9.17) is 10.5 Å². The van der Waals surface area contributed by atoms with Gasteiger partial charge in [-0.2, -0.15) is 0 Å². The summed E-state index contributed by atoms with van der Waals surface area (Å²) in [6.07, 6.45) is 7.32. The minimum atomic E-state index is 0.132. The van der Waals surface area contributed by atoms with Crippen molar-refractivity contribution in [2.24, 2.45) is 11.7 Å². The van der Waals surface area contributed by atoms with E-state index >= 15 is 0 Å². The van der Waals surface area contributed by atoms with E-state index < -0.39 is 0 Å². The summed E-state index contributed by atoms with van der Waals surface area (Å²) in [6.45, 7) is 3.01. The molecule has 1 spiro atoms. The van der Waals surface area contributed by atoms with Crippen LogP contribution < -0.4 is 5.73 Å². The highest BCUT2D eigenvalue weighted by Gasteiger charge is 2.41. The third kappa shape index (κ3) is 2.95. The maximum Gasteiger partial charge on any atom is 0.0685 e. The summed E-state index contributed by atoms with van der Waals surface area (Å²) in [5, 5.41) is 0. The summed E-state index contributed by atoms with van der Waals surface area (Å²) in [5.74, 6) is 0.551. The molecule has 2 aliphatic rings. The van der Waals surface area contributed by atoms with E-state index in [0.29, 0.717) is 5.92 Å². The van der Waals surface area contributed by atoms with E-state index in [9.17, 15) is 0 Å². The van der Waals surface area contributed by atoms with Crippen LogP contribution in [0.15, 0.2) is 22.7 Å². The van der Waals surface area contributed by atoms with E-state index in [1.165, 1.54) is 36.8 Å². The Morgan fingerprint density at radius 1 is 1.30 bits per heavy atom. The van der Waals surface area contributed by atoms with Gasteiger partial charge in [-0.25, -0.2) is 0 Å². The number of halogens is 1. The number of hydrogen-bond donors (Lipinski definition) is 1. The molecular weight excluding hydrogens is 314 g/mol. The molecule has 1 heterocycles. The molecule has 2 atom stereocenters. The monoisotopic (exact) mass is 337 g/mol. The predicted octanol–water partition coefficient (Wildman–Crippen LogP) is 4.50. The zero-order chi connectivity index (χ0) is 14.2. The number of aryl methyl sites for hydroxylation is 1. The molecule has 2 unspecified atom stereocenters. The van der Waals surface area contributed by atoms with Crippen molar-refractivity contribution in [3.63, 3.8) is 0 Å². The topological polar surface area (TPSA) is 35.2 Å². The average Bonchev–Trinajstić information content (AvgIpc) is 2.85. The molecule has 110 valence electrons. The highest BCUT2D eigenvalue weighted by atomic mass is 79.9. The Morgan fingerprint density at radius 3 is 2.75 bits per heavy atom. The van der Waals surface area contributed by atoms with E-state index in [0.717, 1.165) is 23.9 Å². The zero-order valence-corrected chi connectivity index (χ0v) is 13.8. The Kier molecular flexibility index (Phi) is 4.21. The van der Waals surface area contributed by atoms with Gasteiger partial charge in [0.1, 0.15) is 0 Å². The molecule has 2 fully saturated rings. The molecule has 1 aliphatic heterocycles. The Hall–Kier alpha value is -0.380. The largest absolute Gasteiger partial charge is 0.375 e. The second-order valence-electron chi connectivity index (χ2n) is 6.58. The van der Waals surface area contributed by atoms with Gasteiger partial charge in [0.15, 0.2) is 0 Å². The summed E-state index contributed by atoms with van der Waals surface area (Å²) >= 11 is 3.58. The van der Waals surface area contributed by atoms with Crippen LogP contribution in [-0.4, -0.2) is 12.2 Å². The summed E-state index contributed by atoms with van der Waals surface area (Å²) in [5.41, 5.74) is 9.27. The smallest absolute Gasteiger partial charge is 0.0685 e. The number of benzene rings is 1. The van der Waals surface area contributed by atoms with Crippen LogP contribution in [0.5, 0.6) is 0 Å². The molecule has 0 radical (unpaired) electrons. The number of nitrogens with two attached hydrogens (primary N) is 1. The minimum Gasteiger partial charge on any atom is -0.375 e. The average molecular weight is 338 g/mol. The quantitative estimate of drug-likeness (QED) is 0.862. The maximum absolute atomic E-state index is 6.58. The fourth-order valence-electron chi connectivity index (χ4n) is 3.97. The van der Waals surface area contributed by atoms with Crippen LogP contribution in [0, 0.1) is 12.8 Å². The van der Waals surface area contributed by atoms with Gasteiger partial charge in [0.05, 0.1) is 5.60 Å². The molecule has 1 aliphatic carbocycles. The SMILES string of the molecule is Cc1cc(Br)cc(C(N)C2CCOC3(CCCC3)C2)c1. The van der Waals surface area contributed by atoms with Crippen LogP contribution in [0.2, 0.25) is 0 Å². The lowest BCUT2D eigenvalue weighted by Crippen LogP contribution is -2.40. The van der Waals surface area contributed by atoms with Gasteiger partial charge in [-0.1, -0.05) is 34.8 Å². The molecule has 0 amide bonds. The molecule has 3 rings (SSSR count). The van der Waals surface area contributed by atoms with Crippen molar-refractivity contribution < 1.29 is 4.74 Å². The van der Waals surface area contributed by atoms with Crippen molar-refractivity contribution in [1.29, 1.82) is 0 Å². The molecule has 1 saturated carbocycles. The molecule has 0 bridgehead atoms. The highest BCUT2D eigenvalue weighted by Crippen LogP contribution is 2.44. The molecule has 0 aromatic heterocycles. The fourth-order valence-corrected chi connectivity index (χ4v) is 4.59. The second-order valence-corrected chi connectivity index (χ2v) is 7.49. The Bertz CT molecular complexity index is 462. The lowest BCUT2D eigenvalue weighted by Gasteiger charge is -2.40. The summed E-state index contributed by atoms with van der Waals surface area (Å²) in [6, 6.07) is 6.67. The van der Waals surface area contributed by atoms with Crippen LogP contribution in [0.3, 0.4) is 0 Å². The normalized spacial score (nSPS) is 26.9. The van der Waals surface area contributed by atoms with Crippen molar-refractivity contribution in [2.75, 3.05) is 6.61 Å². The van der Waals surface area contributed by atoms with Gasteiger partial charge < -0.3 is 10.5 Å². The maximum atomic E-state index is 6.58. The lowest BCUT2D eigenvalue weighted by molar-refractivity contribution is -0.0963. The first-order chi connectivity index (χ1) is 9.58. The molecule has 2 N–H and O–H groups in total. The third-order valence-electron chi connectivity index (χ3n) is 5.00. The van der Waals surface area contributed by atoms with Crippen molar-refractivity contribution in [1.82, 2.24) is 0 Å². The van der Waals surface area contributed by atoms with Crippen molar-refractivity contribution >= 4 is 15.9 Å². The molecular formula is C17H24BrNO. The number of hydrogen-bond acceptors (Lipinski definition) is 2. The third-order valence-corrected chi connectivity index (χ3v) is 5.46. The molecule has 2 nitrogen and oxygen atoms in total. The van der Waals surface area contributed by atoms with Gasteiger partial charge in [0.2, 0.25) is 0 Å². The van der Waals surface area contributed by atoms with E-state index in [1.807, 2.05) is 0 Å². The molecule has 1 aromatic carbocycles. The van der Waals surface area contributed by atoms with Crippen LogP contribution in [0.25, 0.3) is 0 Å². The number of rotatable bonds is 2. The van der Waals surface area contributed by atoms with Crippen molar-refractivity contribution in [3.05, 3.63) is 33.8 Å². The first kappa shape index (κ1) is 14.6. The second kappa shape index (κ2) is 5.78. The summed E-state index contributed by atoms with van der Waals surface area (Å²) < 4.78 is 7.26. The summed E-state index contributed by atoms with van der Waals surface area (Å²) in [7, 11) is 0. The fraction of sp³-hybridized carbons (Fsp3) is 0.647. The molecule has 3 heteroatoms. The van der Waals surface area contributed by atoms with Gasteiger partial charge in [-0.05, 0) is 61.8 Å². The summed E-state index contributed by atoms with van der Waals surface area (Å²) in [4.78, 5) is 0. The van der Waals surface area contributed by atoms with E-state index in [1.54, 1.807) is 0 Å². The molecule has 1 saturated heterocycles. The van der Waals surface area contributed by atoms with E-state index in [2.05, 4.69) is 41.1 Å². The standard InChI is InChI=1S/C17H24BrNO/c1-12-8-14(10-15(18)9-12)16(19)13-4-7-20-17(11-13)5-2-3-6-17/h8-10,13,16H,2-7,11,19H2,1H3. The van der Waals surface area contributed by atoms with Crippen molar-refractivity contribution in [3.8, 4) is 0 Å². The molecule has 1 aromatic rings. The predicted molar refractivity (Wildman–Crippen MR) is 85.7 cm³/mol. The zero-order valence-electron chi connectivity index (χ0n) is 12.2. The van der Waals surface area contributed by atoms with Gasteiger partial charge in [-0.15, -0.1) is 0 Å². The number of ether oxygens (including phenoxy) is 1. The van der Waals surface area contributed by atoms with Crippen LogP contribution in [0.1, 0.15) is 55.7 Å². The van der Waals surface area contributed by atoms with Gasteiger partial charge in [-0.3, -0.25) is 0 Å². The minimum absolute atomic E-state index is 0.132. The van der Waals surface area contributed by atoms with Crippen LogP contribution in [0.4, 0.5) is 0 Å². The van der Waals surface area contributed by atoms with Gasteiger partial charge >= 0.3 is 0 Å². The Morgan fingerprint density at radius 2 is 2.05 bits per heavy atom. The highest BCUT2D eigenvalue weighted by molar-refractivity contribution is 9.10. The van der Waals surface area contributed by atoms with Crippen LogP contribution in [-0.2, 0) is 4.74 Å². The molecule has 20 heavy (non-hydrogen) atoms. The van der Waals surface area contributed by atoms with Gasteiger partial charge in [0.25, 0.3) is 0 Å². The first-order valence-corrected chi connectivity index (χ1v) is 8.54. The Balaban J connectivity index is 1.77. The first-order valence-electron chi connectivity index (χ1n) is 7.75. The Labute approximate surface area is 130 Å². The van der Waals surface area contributed by atoms with Crippen molar-refractivity contribution in [2.45, 2.75) is 57.1 Å². The lowest BCUT2D eigenvalue weighted by atomic mass is 9.79. The van der Waals surface area contributed by atoms with E-state index in [-0.39, 0.29) is 11.6 Å². The van der Waals surface area contributed by atoms with Gasteiger partial charge in [0, 0.05) is 17.1 Å².